The van der Waals surface area contributed by atoms with E-state index in [1.165, 1.54) is 0 Å². The van der Waals surface area contributed by atoms with Gasteiger partial charge in [-0.2, -0.15) is 0 Å². The molecule has 2 aromatic rings. The normalized spacial score (nSPS) is 21.0. The van der Waals surface area contributed by atoms with Crippen LogP contribution in [0.1, 0.15) is 43.0 Å². The predicted molar refractivity (Wildman–Crippen MR) is 97.4 cm³/mol. The maximum atomic E-state index is 12.7. The van der Waals surface area contributed by atoms with Crippen molar-refractivity contribution < 1.29 is 19.3 Å². The van der Waals surface area contributed by atoms with E-state index in [4.69, 9.17) is 5.11 Å². The third-order valence-corrected chi connectivity index (χ3v) is 4.92. The average Bonchev–Trinajstić information content (AvgIpc) is 3.08. The van der Waals surface area contributed by atoms with Crippen LogP contribution in [0.4, 0.5) is 0 Å². The summed E-state index contributed by atoms with van der Waals surface area (Å²) in [4.78, 5) is 25.4. The number of hydrogen-bond donors (Lipinski definition) is 2. The molecule has 8 nitrogen and oxygen atoms in total. The summed E-state index contributed by atoms with van der Waals surface area (Å²) in [6.07, 6.45) is 3.40. The monoisotopic (exact) mass is 382 g/mol. The zero-order chi connectivity index (χ0) is 18.0. The molecule has 1 amide bonds. The molecule has 0 spiro atoms. The molecule has 142 valence electrons. The molecule has 9 heteroatoms. The lowest BCUT2D eigenvalue weighted by Crippen LogP contribution is -2.47. The minimum absolute atomic E-state index is 0. The molecule has 1 heterocycles. The number of carbonyl (C=O) groups is 2. The van der Waals surface area contributed by atoms with Crippen molar-refractivity contribution in [2.75, 3.05) is 7.05 Å². The van der Waals surface area contributed by atoms with Crippen LogP contribution < -0.4 is 5.32 Å². The Morgan fingerprint density at radius 2 is 1.88 bits per heavy atom. The Kier molecular flexibility index (Phi) is 6.55. The zero-order valence-corrected chi connectivity index (χ0v) is 15.5. The summed E-state index contributed by atoms with van der Waals surface area (Å²) < 4.78 is 4.66. The fourth-order valence-electron chi connectivity index (χ4n) is 3.34. The van der Waals surface area contributed by atoms with E-state index in [0.29, 0.717) is 16.6 Å². The Hall–Kier alpha value is -2.19. The van der Waals surface area contributed by atoms with Crippen molar-refractivity contribution >= 4 is 35.3 Å². The highest BCUT2D eigenvalue weighted by Crippen LogP contribution is 2.24. The number of amides is 1. The second-order valence-corrected chi connectivity index (χ2v) is 6.62. The van der Waals surface area contributed by atoms with Crippen LogP contribution in [-0.4, -0.2) is 57.4 Å². The van der Waals surface area contributed by atoms with Crippen LogP contribution in [0.25, 0.3) is 11.0 Å². The van der Waals surface area contributed by atoms with Gasteiger partial charge < -0.3 is 15.3 Å². The molecule has 1 fully saturated rings. The van der Waals surface area contributed by atoms with E-state index in [1.54, 1.807) is 30.0 Å². The van der Waals surface area contributed by atoms with E-state index in [2.05, 4.69) is 20.3 Å². The van der Waals surface area contributed by atoms with Crippen LogP contribution in [0, 0.1) is 0 Å². The molecule has 1 saturated carbocycles. The number of benzene rings is 1. The highest BCUT2D eigenvalue weighted by Gasteiger charge is 2.28. The second-order valence-electron chi connectivity index (χ2n) is 6.62. The van der Waals surface area contributed by atoms with Gasteiger partial charge in [0.05, 0.1) is 0 Å². The molecular formula is C17H23ClN4O4. The number of rotatable bonds is 5. The lowest BCUT2D eigenvalue weighted by Gasteiger charge is -2.35. The van der Waals surface area contributed by atoms with Gasteiger partial charge in [0.1, 0.15) is 17.1 Å². The maximum absolute atomic E-state index is 12.7. The van der Waals surface area contributed by atoms with Crippen molar-refractivity contribution in [3.63, 3.8) is 0 Å². The topological polar surface area (TPSA) is 109 Å². The van der Waals surface area contributed by atoms with Crippen molar-refractivity contribution in [3.05, 3.63) is 23.8 Å². The van der Waals surface area contributed by atoms with Crippen molar-refractivity contribution in [2.24, 2.45) is 0 Å². The number of aromatic nitrogens is 2. The second kappa shape index (κ2) is 8.46. The molecule has 1 aliphatic carbocycles. The van der Waals surface area contributed by atoms with Gasteiger partial charge in [-0.15, -0.1) is 12.4 Å². The number of nitrogens with zero attached hydrogens (tertiary/aromatic N) is 3. The first-order chi connectivity index (χ1) is 12.0. The molecule has 0 bridgehead atoms. The SMILES string of the molecule is C[C@H](NC1CCC(N(C)C(=O)c2ccc3nonc3c2)CC1)C(=O)O.Cl. The Bertz CT molecular complexity index is 773. The quantitative estimate of drug-likeness (QED) is 0.814. The largest absolute Gasteiger partial charge is 0.480 e. The van der Waals surface area contributed by atoms with Crippen LogP contribution in [0.2, 0.25) is 0 Å². The van der Waals surface area contributed by atoms with Gasteiger partial charge >= 0.3 is 5.97 Å². The van der Waals surface area contributed by atoms with Crippen molar-refractivity contribution in [1.29, 1.82) is 0 Å². The van der Waals surface area contributed by atoms with Gasteiger partial charge in [-0.25, -0.2) is 4.63 Å². The number of aliphatic carboxylic acids is 1. The highest BCUT2D eigenvalue weighted by atomic mass is 35.5. The third-order valence-electron chi connectivity index (χ3n) is 4.92. The minimum atomic E-state index is -0.841. The van der Waals surface area contributed by atoms with Crippen LogP contribution in [-0.2, 0) is 4.79 Å². The first kappa shape index (κ1) is 20.1. The van der Waals surface area contributed by atoms with Crippen molar-refractivity contribution in [2.45, 2.75) is 50.7 Å². The summed E-state index contributed by atoms with van der Waals surface area (Å²) in [5.74, 6) is -0.896. The molecule has 0 radical (unpaired) electrons. The Balaban J connectivity index is 0.00000243. The number of carbonyl (C=O) groups excluding carboxylic acids is 1. The molecule has 1 atom stereocenters. The van der Waals surface area contributed by atoms with Crippen LogP contribution in [0.15, 0.2) is 22.8 Å². The summed E-state index contributed by atoms with van der Waals surface area (Å²) in [6.45, 7) is 1.65. The number of hydrogen-bond acceptors (Lipinski definition) is 6. The van der Waals surface area contributed by atoms with Crippen LogP contribution >= 0.6 is 12.4 Å². The predicted octanol–water partition coefficient (Wildman–Crippen LogP) is 2.09. The van der Waals surface area contributed by atoms with E-state index in [9.17, 15) is 9.59 Å². The van der Waals surface area contributed by atoms with E-state index in [-0.39, 0.29) is 30.4 Å². The van der Waals surface area contributed by atoms with Gasteiger partial charge in [0.25, 0.3) is 5.91 Å². The number of carboxylic acids is 1. The standard InChI is InChI=1S/C17H22N4O4.ClH/c1-10(17(23)24)18-12-4-6-13(7-5-12)21(2)16(22)11-3-8-14-15(9-11)20-25-19-14;/h3,8-10,12-13,18H,4-7H2,1-2H3,(H,23,24);1H/t10-,12?,13?;/m0./s1. The Morgan fingerprint density at radius 1 is 1.23 bits per heavy atom. The zero-order valence-electron chi connectivity index (χ0n) is 14.7. The third kappa shape index (κ3) is 4.31. The van der Waals surface area contributed by atoms with Gasteiger partial charge in [-0.3, -0.25) is 9.59 Å². The van der Waals surface area contributed by atoms with Gasteiger partial charge in [0, 0.05) is 24.7 Å². The van der Waals surface area contributed by atoms with Crippen LogP contribution in [0.3, 0.4) is 0 Å². The van der Waals surface area contributed by atoms with Crippen LogP contribution in [0.5, 0.6) is 0 Å². The lowest BCUT2D eigenvalue weighted by atomic mass is 9.89. The number of halogens is 1. The molecule has 0 aliphatic heterocycles. The first-order valence-electron chi connectivity index (χ1n) is 8.44. The number of carboxylic acid groups (broad SMARTS) is 1. The van der Waals surface area contributed by atoms with E-state index >= 15 is 0 Å². The summed E-state index contributed by atoms with van der Waals surface area (Å²) in [7, 11) is 1.81. The fraction of sp³-hybridized carbons (Fsp3) is 0.529. The number of nitrogens with one attached hydrogen (secondary N) is 1. The molecular weight excluding hydrogens is 360 g/mol. The first-order valence-corrected chi connectivity index (χ1v) is 8.44. The Morgan fingerprint density at radius 3 is 2.54 bits per heavy atom. The Labute approximate surface area is 157 Å². The van der Waals surface area contributed by atoms with Gasteiger partial charge in [-0.1, -0.05) is 0 Å². The average molecular weight is 383 g/mol. The molecule has 0 saturated heterocycles. The van der Waals surface area contributed by atoms with Gasteiger partial charge in [-0.05, 0) is 61.1 Å². The molecule has 3 rings (SSSR count). The lowest BCUT2D eigenvalue weighted by molar-refractivity contribution is -0.139. The van der Waals surface area contributed by atoms with Crippen molar-refractivity contribution in [3.8, 4) is 0 Å². The summed E-state index contributed by atoms with van der Waals surface area (Å²) in [6, 6.07) is 4.92. The molecule has 1 aromatic carbocycles. The summed E-state index contributed by atoms with van der Waals surface area (Å²) in [5.41, 5.74) is 1.75. The minimum Gasteiger partial charge on any atom is -0.480 e. The van der Waals surface area contributed by atoms with E-state index < -0.39 is 12.0 Å². The fourth-order valence-corrected chi connectivity index (χ4v) is 3.34. The van der Waals surface area contributed by atoms with Crippen molar-refractivity contribution in [1.82, 2.24) is 20.5 Å². The summed E-state index contributed by atoms with van der Waals surface area (Å²) in [5, 5.41) is 19.6. The number of fused-ring (bicyclic) bond motifs is 1. The molecule has 0 unspecified atom stereocenters. The van der Waals surface area contributed by atoms with E-state index in [0.717, 1.165) is 25.7 Å². The highest BCUT2D eigenvalue weighted by molar-refractivity contribution is 5.97. The maximum Gasteiger partial charge on any atom is 0.320 e. The molecule has 1 aliphatic rings. The van der Waals surface area contributed by atoms with Gasteiger partial charge in [0.2, 0.25) is 0 Å². The molecule has 26 heavy (non-hydrogen) atoms. The molecule has 1 aromatic heterocycles. The smallest absolute Gasteiger partial charge is 0.320 e. The van der Waals surface area contributed by atoms with Gasteiger partial charge in [0.15, 0.2) is 0 Å². The summed E-state index contributed by atoms with van der Waals surface area (Å²) >= 11 is 0. The molecule has 2 N–H and O–H groups in total. The van der Waals surface area contributed by atoms with E-state index in [1.807, 2.05) is 7.05 Å².